The fourth-order valence-corrected chi connectivity index (χ4v) is 1.90. The lowest BCUT2D eigenvalue weighted by atomic mass is 10.0. The summed E-state index contributed by atoms with van der Waals surface area (Å²) in [7, 11) is 0. The van der Waals surface area contributed by atoms with Gasteiger partial charge in [0.1, 0.15) is 0 Å². The number of nitrogens with two attached hydrogens (primary N) is 1. The second kappa shape index (κ2) is 3.80. The minimum absolute atomic E-state index is 0.0551. The van der Waals surface area contributed by atoms with Crippen LogP contribution in [0.15, 0.2) is 24.3 Å². The highest BCUT2D eigenvalue weighted by Crippen LogP contribution is 2.26. The Morgan fingerprint density at radius 1 is 1.33 bits per heavy atom. The third kappa shape index (κ3) is 1.96. The first kappa shape index (κ1) is 10.4. The van der Waals surface area contributed by atoms with Crippen LogP contribution in [0.5, 0.6) is 0 Å². The van der Waals surface area contributed by atoms with E-state index in [-0.39, 0.29) is 6.04 Å². The van der Waals surface area contributed by atoms with Crippen LogP contribution in [0.3, 0.4) is 0 Å². The summed E-state index contributed by atoms with van der Waals surface area (Å²) < 4.78 is 0. The van der Waals surface area contributed by atoms with E-state index >= 15 is 0 Å². The van der Waals surface area contributed by atoms with Crippen LogP contribution in [0.2, 0.25) is 5.02 Å². The largest absolute Gasteiger partial charge is 0.324 e. The number of pyridine rings is 1. The summed E-state index contributed by atoms with van der Waals surface area (Å²) in [5, 5.41) is 1.75. The van der Waals surface area contributed by atoms with Gasteiger partial charge in [0, 0.05) is 22.1 Å². The molecule has 2 rings (SSSR count). The quantitative estimate of drug-likeness (QED) is 0.802. The highest BCUT2D eigenvalue weighted by atomic mass is 35.5. The van der Waals surface area contributed by atoms with Gasteiger partial charge in [0.2, 0.25) is 0 Å². The number of halogens is 1. The maximum atomic E-state index is 6.02. The van der Waals surface area contributed by atoms with Crippen LogP contribution in [0, 0.1) is 6.92 Å². The van der Waals surface area contributed by atoms with Crippen molar-refractivity contribution in [3.63, 3.8) is 0 Å². The average Bonchev–Trinajstić information content (AvgIpc) is 2.17. The summed E-state index contributed by atoms with van der Waals surface area (Å²) in [5.41, 5.74) is 8.85. The zero-order valence-electron chi connectivity index (χ0n) is 8.79. The SMILES string of the molecule is Cc1ccc2cc(Cl)cc(C(C)N)c2n1. The van der Waals surface area contributed by atoms with Crippen molar-refractivity contribution in [3.8, 4) is 0 Å². The van der Waals surface area contributed by atoms with Gasteiger partial charge in [-0.15, -0.1) is 0 Å². The highest BCUT2D eigenvalue weighted by Gasteiger charge is 2.08. The number of nitrogens with zero attached hydrogens (tertiary/aromatic N) is 1. The molecule has 1 aromatic heterocycles. The van der Waals surface area contributed by atoms with Gasteiger partial charge in [-0.2, -0.15) is 0 Å². The second-order valence-corrected chi connectivity index (χ2v) is 4.24. The summed E-state index contributed by atoms with van der Waals surface area (Å²) >= 11 is 6.02. The predicted octanol–water partition coefficient (Wildman–Crippen LogP) is 3.22. The fraction of sp³-hybridized carbons (Fsp3) is 0.250. The lowest BCUT2D eigenvalue weighted by molar-refractivity contribution is 0.823. The molecule has 1 aromatic carbocycles. The van der Waals surface area contributed by atoms with Gasteiger partial charge in [0.15, 0.2) is 0 Å². The van der Waals surface area contributed by atoms with Crippen molar-refractivity contribution in [1.82, 2.24) is 4.98 Å². The molecular formula is C12H13ClN2. The van der Waals surface area contributed by atoms with Gasteiger partial charge in [-0.25, -0.2) is 0 Å². The highest BCUT2D eigenvalue weighted by molar-refractivity contribution is 6.31. The Kier molecular flexibility index (Phi) is 2.63. The van der Waals surface area contributed by atoms with Crippen LogP contribution < -0.4 is 5.73 Å². The molecule has 15 heavy (non-hydrogen) atoms. The summed E-state index contributed by atoms with van der Waals surface area (Å²) in [5.74, 6) is 0. The molecule has 0 aliphatic rings. The van der Waals surface area contributed by atoms with Crippen molar-refractivity contribution in [1.29, 1.82) is 0 Å². The first-order valence-electron chi connectivity index (χ1n) is 4.90. The third-order valence-corrected chi connectivity index (χ3v) is 2.63. The lowest BCUT2D eigenvalue weighted by Gasteiger charge is -2.10. The zero-order valence-corrected chi connectivity index (χ0v) is 9.55. The molecule has 0 aliphatic heterocycles. The molecule has 1 atom stereocenters. The smallest absolute Gasteiger partial charge is 0.0753 e. The number of aryl methyl sites for hydroxylation is 1. The Hall–Kier alpha value is -1.12. The molecule has 2 aromatic rings. The minimum atomic E-state index is -0.0551. The minimum Gasteiger partial charge on any atom is -0.324 e. The van der Waals surface area contributed by atoms with E-state index in [0.29, 0.717) is 5.02 Å². The molecule has 0 aliphatic carbocycles. The monoisotopic (exact) mass is 220 g/mol. The van der Waals surface area contributed by atoms with Gasteiger partial charge < -0.3 is 5.73 Å². The van der Waals surface area contributed by atoms with Crippen molar-refractivity contribution in [3.05, 3.63) is 40.5 Å². The predicted molar refractivity (Wildman–Crippen MR) is 64.1 cm³/mol. The van der Waals surface area contributed by atoms with Crippen molar-refractivity contribution in [2.24, 2.45) is 5.73 Å². The molecule has 0 spiro atoms. The van der Waals surface area contributed by atoms with Crippen LogP contribution in [0.4, 0.5) is 0 Å². The Balaban J connectivity index is 2.81. The van der Waals surface area contributed by atoms with Crippen LogP contribution in [0.25, 0.3) is 10.9 Å². The van der Waals surface area contributed by atoms with Crippen LogP contribution >= 0.6 is 11.6 Å². The third-order valence-electron chi connectivity index (χ3n) is 2.42. The molecule has 0 amide bonds. The molecule has 2 N–H and O–H groups in total. The first-order valence-corrected chi connectivity index (χ1v) is 5.28. The molecule has 0 fully saturated rings. The van der Waals surface area contributed by atoms with E-state index in [2.05, 4.69) is 4.98 Å². The number of rotatable bonds is 1. The Bertz CT molecular complexity index is 506. The van der Waals surface area contributed by atoms with Gasteiger partial charge in [-0.05, 0) is 37.6 Å². The van der Waals surface area contributed by atoms with Crippen molar-refractivity contribution >= 4 is 22.5 Å². The van der Waals surface area contributed by atoms with Crippen molar-refractivity contribution in [2.45, 2.75) is 19.9 Å². The molecule has 0 saturated heterocycles. The zero-order chi connectivity index (χ0) is 11.0. The van der Waals surface area contributed by atoms with Gasteiger partial charge >= 0.3 is 0 Å². The van der Waals surface area contributed by atoms with Gasteiger partial charge in [0.25, 0.3) is 0 Å². The normalized spacial score (nSPS) is 13.1. The van der Waals surface area contributed by atoms with Crippen molar-refractivity contribution < 1.29 is 0 Å². The topological polar surface area (TPSA) is 38.9 Å². The average molecular weight is 221 g/mol. The summed E-state index contributed by atoms with van der Waals surface area (Å²) in [6.45, 7) is 3.91. The summed E-state index contributed by atoms with van der Waals surface area (Å²) in [6.07, 6.45) is 0. The number of aromatic nitrogens is 1. The van der Waals surface area contributed by atoms with Crippen LogP contribution in [-0.4, -0.2) is 4.98 Å². The number of fused-ring (bicyclic) bond motifs is 1. The lowest BCUT2D eigenvalue weighted by Crippen LogP contribution is -2.06. The molecule has 2 nitrogen and oxygen atoms in total. The number of benzene rings is 1. The maximum absolute atomic E-state index is 6.02. The molecule has 78 valence electrons. The summed E-state index contributed by atoms with van der Waals surface area (Å²) in [6, 6.07) is 7.75. The molecule has 1 unspecified atom stereocenters. The Morgan fingerprint density at radius 3 is 2.73 bits per heavy atom. The first-order chi connectivity index (χ1) is 7.08. The van der Waals surface area contributed by atoms with E-state index in [0.717, 1.165) is 22.2 Å². The van der Waals surface area contributed by atoms with E-state index in [1.807, 2.05) is 38.1 Å². The second-order valence-electron chi connectivity index (χ2n) is 3.81. The van der Waals surface area contributed by atoms with E-state index < -0.39 is 0 Å². The molecule has 0 saturated carbocycles. The van der Waals surface area contributed by atoms with Gasteiger partial charge in [-0.3, -0.25) is 4.98 Å². The van der Waals surface area contributed by atoms with E-state index in [4.69, 9.17) is 17.3 Å². The van der Waals surface area contributed by atoms with E-state index in [9.17, 15) is 0 Å². The number of hydrogen-bond donors (Lipinski definition) is 1. The van der Waals surface area contributed by atoms with E-state index in [1.165, 1.54) is 0 Å². The standard InChI is InChI=1S/C12H13ClN2/c1-7-3-4-9-5-10(13)6-11(8(2)14)12(9)15-7/h3-6,8H,14H2,1-2H3. The molecule has 0 radical (unpaired) electrons. The van der Waals surface area contributed by atoms with Crippen LogP contribution in [0.1, 0.15) is 24.2 Å². The van der Waals surface area contributed by atoms with E-state index in [1.54, 1.807) is 0 Å². The molecular weight excluding hydrogens is 208 g/mol. The van der Waals surface area contributed by atoms with Gasteiger partial charge in [0.05, 0.1) is 5.52 Å². The number of hydrogen-bond acceptors (Lipinski definition) is 2. The fourth-order valence-electron chi connectivity index (χ4n) is 1.67. The Morgan fingerprint density at radius 2 is 2.07 bits per heavy atom. The van der Waals surface area contributed by atoms with Crippen LogP contribution in [-0.2, 0) is 0 Å². The molecule has 3 heteroatoms. The van der Waals surface area contributed by atoms with Gasteiger partial charge in [-0.1, -0.05) is 17.7 Å². The van der Waals surface area contributed by atoms with Crippen molar-refractivity contribution in [2.75, 3.05) is 0 Å². The molecule has 1 heterocycles. The maximum Gasteiger partial charge on any atom is 0.0753 e. The summed E-state index contributed by atoms with van der Waals surface area (Å²) in [4.78, 5) is 4.50. The Labute approximate surface area is 94.1 Å². The molecule has 0 bridgehead atoms.